The van der Waals surface area contributed by atoms with Crippen molar-refractivity contribution < 1.29 is 9.53 Å². The van der Waals surface area contributed by atoms with E-state index in [-0.39, 0.29) is 12.1 Å². The summed E-state index contributed by atoms with van der Waals surface area (Å²) in [5.41, 5.74) is 0.489. The van der Waals surface area contributed by atoms with Gasteiger partial charge in [-0.05, 0) is 12.1 Å². The van der Waals surface area contributed by atoms with Gasteiger partial charge in [0, 0.05) is 6.54 Å². The molecule has 1 fully saturated rings. The Morgan fingerprint density at radius 1 is 1.50 bits per heavy atom. The summed E-state index contributed by atoms with van der Waals surface area (Å²) < 4.78 is 4.96. The fourth-order valence-electron chi connectivity index (χ4n) is 1.16. The van der Waals surface area contributed by atoms with Crippen molar-refractivity contribution in [2.45, 2.75) is 6.10 Å². The molecule has 1 atom stereocenters. The van der Waals surface area contributed by atoms with Crippen LogP contribution in [0.3, 0.4) is 0 Å². The van der Waals surface area contributed by atoms with Crippen LogP contribution in [0.1, 0.15) is 0 Å². The molecule has 2 rings (SSSR count). The summed E-state index contributed by atoms with van der Waals surface area (Å²) in [6.07, 6.45) is 0.153. The number of ether oxygens (including phenoxy) is 1. The van der Waals surface area contributed by atoms with E-state index < -0.39 is 0 Å². The number of anilines is 1. The van der Waals surface area contributed by atoms with Gasteiger partial charge in [-0.1, -0.05) is 29.3 Å². The number of hydrogen-bond donors (Lipinski definition) is 2. The summed E-state index contributed by atoms with van der Waals surface area (Å²) in [6.45, 7) is 1.21. The van der Waals surface area contributed by atoms with E-state index in [2.05, 4.69) is 10.6 Å². The lowest BCUT2D eigenvalue weighted by Gasteiger charge is -2.08. The highest BCUT2D eigenvalue weighted by Crippen LogP contribution is 2.29. The molecule has 2 N–H and O–H groups in total. The molecular weight excluding hydrogens is 251 g/mol. The first-order valence-corrected chi connectivity index (χ1v) is 5.53. The van der Waals surface area contributed by atoms with E-state index in [9.17, 15) is 4.79 Å². The first-order valence-electron chi connectivity index (χ1n) is 4.77. The van der Waals surface area contributed by atoms with Gasteiger partial charge in [0.2, 0.25) is 0 Å². The van der Waals surface area contributed by atoms with E-state index in [1.165, 1.54) is 0 Å². The Bertz CT molecular complexity index is 408. The molecule has 1 aromatic rings. The molecule has 0 spiro atoms. The molecular formula is C10H10Cl2N2O2. The van der Waals surface area contributed by atoms with Crippen molar-refractivity contribution in [3.8, 4) is 0 Å². The molecule has 2 amide bonds. The van der Waals surface area contributed by atoms with Crippen LogP contribution in [0.15, 0.2) is 18.2 Å². The Labute approximate surface area is 103 Å². The minimum absolute atomic E-state index is 0.153. The zero-order valence-corrected chi connectivity index (χ0v) is 9.81. The zero-order chi connectivity index (χ0) is 11.5. The van der Waals surface area contributed by atoms with E-state index in [0.717, 1.165) is 0 Å². The Morgan fingerprint density at radius 3 is 2.94 bits per heavy atom. The third-order valence-corrected chi connectivity index (χ3v) is 2.91. The molecule has 86 valence electrons. The Morgan fingerprint density at radius 2 is 2.25 bits per heavy atom. The highest BCUT2D eigenvalue weighted by Gasteiger charge is 2.22. The van der Waals surface area contributed by atoms with Gasteiger partial charge in [-0.3, -0.25) is 0 Å². The third-order valence-electron chi connectivity index (χ3n) is 2.09. The normalized spacial score (nSPS) is 18.0. The van der Waals surface area contributed by atoms with Crippen LogP contribution in [0.25, 0.3) is 0 Å². The molecule has 6 heteroatoms. The van der Waals surface area contributed by atoms with E-state index >= 15 is 0 Å². The van der Waals surface area contributed by atoms with Gasteiger partial charge in [-0.25, -0.2) is 4.79 Å². The van der Waals surface area contributed by atoms with Gasteiger partial charge in [0.05, 0.1) is 28.4 Å². The van der Waals surface area contributed by atoms with E-state index in [0.29, 0.717) is 28.9 Å². The first-order chi connectivity index (χ1) is 7.66. The molecule has 1 unspecified atom stereocenters. The summed E-state index contributed by atoms with van der Waals surface area (Å²) in [5.74, 6) is 0. The van der Waals surface area contributed by atoms with E-state index in [1.54, 1.807) is 18.2 Å². The number of hydrogen-bond acceptors (Lipinski definition) is 2. The zero-order valence-electron chi connectivity index (χ0n) is 8.30. The number of nitrogens with one attached hydrogen (secondary N) is 2. The largest absolute Gasteiger partial charge is 0.371 e. The number of carbonyl (C=O) groups excluding carboxylic acids is 1. The lowest BCUT2D eigenvalue weighted by atomic mass is 10.3. The van der Waals surface area contributed by atoms with Crippen molar-refractivity contribution in [2.75, 3.05) is 18.5 Å². The van der Waals surface area contributed by atoms with E-state index in [1.807, 2.05) is 0 Å². The smallest absolute Gasteiger partial charge is 0.319 e. The standard InChI is InChI=1S/C10H10Cl2N2O2/c11-7-2-1-3-8(9(7)12)14-10(15)13-4-6-5-16-6/h1-3,6H,4-5H2,(H2,13,14,15). The van der Waals surface area contributed by atoms with Crippen molar-refractivity contribution in [2.24, 2.45) is 0 Å². The van der Waals surface area contributed by atoms with Gasteiger partial charge < -0.3 is 15.4 Å². The molecule has 1 aromatic carbocycles. The van der Waals surface area contributed by atoms with Crippen LogP contribution in [0, 0.1) is 0 Å². The van der Waals surface area contributed by atoms with Crippen molar-refractivity contribution in [1.29, 1.82) is 0 Å². The van der Waals surface area contributed by atoms with Gasteiger partial charge in [-0.2, -0.15) is 0 Å². The second-order valence-corrected chi connectivity index (χ2v) is 4.18. The second-order valence-electron chi connectivity index (χ2n) is 3.39. The van der Waals surface area contributed by atoms with Crippen LogP contribution in [0.2, 0.25) is 10.0 Å². The quantitative estimate of drug-likeness (QED) is 0.821. The molecule has 0 aromatic heterocycles. The Hall–Kier alpha value is -0.970. The first kappa shape index (κ1) is 11.5. The molecule has 1 heterocycles. The van der Waals surface area contributed by atoms with E-state index in [4.69, 9.17) is 27.9 Å². The van der Waals surface area contributed by atoms with Gasteiger partial charge in [0.1, 0.15) is 0 Å². The van der Waals surface area contributed by atoms with Crippen LogP contribution in [-0.4, -0.2) is 25.3 Å². The van der Waals surface area contributed by atoms with Gasteiger partial charge in [0.25, 0.3) is 0 Å². The molecule has 0 bridgehead atoms. The minimum Gasteiger partial charge on any atom is -0.371 e. The highest BCUT2D eigenvalue weighted by atomic mass is 35.5. The van der Waals surface area contributed by atoms with Gasteiger partial charge in [0.15, 0.2) is 0 Å². The summed E-state index contributed by atoms with van der Waals surface area (Å²) in [5, 5.41) is 6.02. The van der Waals surface area contributed by atoms with Gasteiger partial charge >= 0.3 is 6.03 Å². The predicted octanol–water partition coefficient (Wildman–Crippen LogP) is 2.51. The molecule has 0 saturated carbocycles. The number of amides is 2. The number of epoxide rings is 1. The Kier molecular flexibility index (Phi) is 3.53. The fraction of sp³-hybridized carbons (Fsp3) is 0.300. The summed E-state index contributed by atoms with van der Waals surface area (Å²) in [6, 6.07) is 4.74. The second kappa shape index (κ2) is 4.91. The van der Waals surface area contributed by atoms with Crippen LogP contribution in [0.4, 0.5) is 10.5 Å². The average Bonchev–Trinajstić information content (AvgIpc) is 3.06. The number of benzene rings is 1. The lowest BCUT2D eigenvalue weighted by Crippen LogP contribution is -2.31. The van der Waals surface area contributed by atoms with Crippen molar-refractivity contribution in [3.63, 3.8) is 0 Å². The van der Waals surface area contributed by atoms with Crippen molar-refractivity contribution in [1.82, 2.24) is 5.32 Å². The van der Waals surface area contributed by atoms with Crippen molar-refractivity contribution in [3.05, 3.63) is 28.2 Å². The molecule has 1 aliphatic heterocycles. The SMILES string of the molecule is O=C(NCC1CO1)Nc1cccc(Cl)c1Cl. The predicted molar refractivity (Wildman–Crippen MR) is 63.2 cm³/mol. The molecule has 4 nitrogen and oxygen atoms in total. The molecule has 1 aliphatic rings. The van der Waals surface area contributed by atoms with Crippen LogP contribution in [0.5, 0.6) is 0 Å². The maximum atomic E-state index is 11.4. The molecule has 0 aliphatic carbocycles. The molecule has 0 radical (unpaired) electrons. The summed E-state index contributed by atoms with van der Waals surface area (Å²) >= 11 is 11.7. The number of halogens is 2. The van der Waals surface area contributed by atoms with Crippen LogP contribution in [-0.2, 0) is 4.74 Å². The number of urea groups is 1. The average molecular weight is 261 g/mol. The number of carbonyl (C=O) groups is 1. The monoisotopic (exact) mass is 260 g/mol. The maximum Gasteiger partial charge on any atom is 0.319 e. The fourth-order valence-corrected chi connectivity index (χ4v) is 1.51. The molecule has 16 heavy (non-hydrogen) atoms. The number of rotatable bonds is 3. The van der Waals surface area contributed by atoms with Gasteiger partial charge in [-0.15, -0.1) is 0 Å². The Balaban J connectivity index is 1.91. The minimum atomic E-state index is -0.320. The summed E-state index contributed by atoms with van der Waals surface area (Å²) in [4.78, 5) is 11.4. The van der Waals surface area contributed by atoms with Crippen LogP contribution >= 0.6 is 23.2 Å². The third kappa shape index (κ3) is 3.01. The molecule has 1 saturated heterocycles. The van der Waals surface area contributed by atoms with Crippen molar-refractivity contribution >= 4 is 34.9 Å². The van der Waals surface area contributed by atoms with Crippen LogP contribution < -0.4 is 10.6 Å². The topological polar surface area (TPSA) is 53.7 Å². The summed E-state index contributed by atoms with van der Waals surface area (Å²) in [7, 11) is 0. The maximum absolute atomic E-state index is 11.4. The lowest BCUT2D eigenvalue weighted by molar-refractivity contribution is 0.250. The highest BCUT2D eigenvalue weighted by molar-refractivity contribution is 6.43.